The molecule has 0 saturated carbocycles. The number of carbonyl (C=O) groups excluding carboxylic acids is 1. The predicted molar refractivity (Wildman–Crippen MR) is 139 cm³/mol. The minimum atomic E-state index is -4.41. The second-order valence-corrected chi connectivity index (χ2v) is 8.57. The van der Waals surface area contributed by atoms with Crippen LogP contribution < -0.4 is 14.8 Å². The van der Waals surface area contributed by atoms with Crippen LogP contribution in [-0.4, -0.2) is 22.8 Å². The molecule has 4 rings (SSSR count). The fourth-order valence-corrected chi connectivity index (χ4v) is 3.79. The number of para-hydroxylation sites is 1. The van der Waals surface area contributed by atoms with Crippen molar-refractivity contribution in [3.8, 4) is 11.5 Å². The van der Waals surface area contributed by atoms with Crippen LogP contribution in [0, 0.1) is 6.92 Å². The number of ether oxygens (including phenoxy) is 2. The Bertz CT molecular complexity index is 1440. The van der Waals surface area contributed by atoms with Crippen LogP contribution in [0.2, 0.25) is 0 Å². The number of alkyl halides is 3. The van der Waals surface area contributed by atoms with Crippen molar-refractivity contribution in [3.63, 3.8) is 0 Å². The van der Waals surface area contributed by atoms with Crippen molar-refractivity contribution in [1.82, 2.24) is 9.78 Å². The largest absolute Gasteiger partial charge is 0.496 e. The number of benzene rings is 3. The molecule has 0 aliphatic carbocycles. The number of amides is 1. The third-order valence-electron chi connectivity index (χ3n) is 5.71. The van der Waals surface area contributed by atoms with Gasteiger partial charge in [-0.25, -0.2) is 0 Å². The highest BCUT2D eigenvalue weighted by molar-refractivity contribution is 6.01. The maximum absolute atomic E-state index is 12.9. The zero-order valence-electron chi connectivity index (χ0n) is 20.8. The van der Waals surface area contributed by atoms with E-state index in [1.165, 1.54) is 23.0 Å². The molecule has 1 heterocycles. The van der Waals surface area contributed by atoms with Crippen LogP contribution in [0.5, 0.6) is 11.5 Å². The van der Waals surface area contributed by atoms with Crippen molar-refractivity contribution >= 4 is 17.7 Å². The Balaban J connectivity index is 1.37. The molecule has 1 N–H and O–H groups in total. The normalized spacial score (nSPS) is 11.5. The van der Waals surface area contributed by atoms with E-state index in [2.05, 4.69) is 10.4 Å². The molecule has 0 saturated heterocycles. The summed E-state index contributed by atoms with van der Waals surface area (Å²) in [6.45, 7) is 2.40. The predicted octanol–water partition coefficient (Wildman–Crippen LogP) is 6.50. The van der Waals surface area contributed by atoms with E-state index >= 15 is 0 Å². The fraction of sp³-hybridized carbons (Fsp3) is 0.172. The zero-order valence-corrected chi connectivity index (χ0v) is 20.8. The van der Waals surface area contributed by atoms with Crippen LogP contribution in [0.4, 0.5) is 18.9 Å². The van der Waals surface area contributed by atoms with Gasteiger partial charge in [0, 0.05) is 17.8 Å². The number of carbonyl (C=O) groups is 1. The number of halogens is 3. The third-order valence-corrected chi connectivity index (χ3v) is 5.71. The molecule has 0 spiro atoms. The van der Waals surface area contributed by atoms with Crippen LogP contribution in [0.25, 0.3) is 6.08 Å². The highest BCUT2D eigenvalue weighted by Crippen LogP contribution is 2.30. The first-order chi connectivity index (χ1) is 18.2. The number of aryl methyl sites for hydroxylation is 1. The summed E-state index contributed by atoms with van der Waals surface area (Å²) in [7, 11) is 1.59. The van der Waals surface area contributed by atoms with Crippen LogP contribution >= 0.6 is 0 Å². The van der Waals surface area contributed by atoms with Gasteiger partial charge in [-0.2, -0.15) is 18.3 Å². The van der Waals surface area contributed by atoms with Gasteiger partial charge in [0.1, 0.15) is 18.1 Å². The van der Waals surface area contributed by atoms with Crippen LogP contribution in [0.15, 0.2) is 85.2 Å². The van der Waals surface area contributed by atoms with E-state index in [1.54, 1.807) is 25.4 Å². The molecule has 196 valence electrons. The van der Waals surface area contributed by atoms with Gasteiger partial charge >= 0.3 is 6.18 Å². The summed E-state index contributed by atoms with van der Waals surface area (Å²) in [6, 6.07) is 18.3. The Morgan fingerprint density at radius 3 is 2.63 bits per heavy atom. The van der Waals surface area contributed by atoms with Gasteiger partial charge in [-0.05, 0) is 60.0 Å². The molecule has 38 heavy (non-hydrogen) atoms. The van der Waals surface area contributed by atoms with Crippen molar-refractivity contribution in [2.45, 2.75) is 26.3 Å². The minimum Gasteiger partial charge on any atom is -0.496 e. The summed E-state index contributed by atoms with van der Waals surface area (Å²) in [6.07, 6.45) is 1.63. The molecule has 9 heteroatoms. The number of nitrogens with one attached hydrogen (secondary N) is 1. The number of hydrogen-bond acceptors (Lipinski definition) is 4. The van der Waals surface area contributed by atoms with Gasteiger partial charge in [-0.3, -0.25) is 9.48 Å². The van der Waals surface area contributed by atoms with E-state index in [4.69, 9.17) is 9.47 Å². The molecule has 0 aliphatic heterocycles. The lowest BCUT2D eigenvalue weighted by atomic mass is 10.1. The van der Waals surface area contributed by atoms with Crippen LogP contribution in [-0.2, 0) is 24.1 Å². The van der Waals surface area contributed by atoms with Crippen LogP contribution in [0.3, 0.4) is 0 Å². The summed E-state index contributed by atoms with van der Waals surface area (Å²) in [5, 5.41) is 6.83. The van der Waals surface area contributed by atoms with E-state index < -0.39 is 11.7 Å². The summed E-state index contributed by atoms with van der Waals surface area (Å²) in [5.74, 6) is 1.08. The Labute approximate surface area is 218 Å². The van der Waals surface area contributed by atoms with E-state index in [9.17, 15) is 18.0 Å². The van der Waals surface area contributed by atoms with Crippen molar-refractivity contribution in [1.29, 1.82) is 0 Å². The number of methoxy groups -OCH3 is 1. The molecule has 0 bridgehead atoms. The molecular weight excluding hydrogens is 495 g/mol. The van der Waals surface area contributed by atoms with Gasteiger partial charge in [0.05, 0.1) is 31.1 Å². The minimum absolute atomic E-state index is 0.134. The summed E-state index contributed by atoms with van der Waals surface area (Å²) in [5.41, 5.74) is 2.79. The average molecular weight is 522 g/mol. The van der Waals surface area contributed by atoms with Crippen molar-refractivity contribution in [3.05, 3.63) is 113 Å². The molecule has 1 aromatic heterocycles. The number of nitrogens with zero attached hydrogens (tertiary/aromatic N) is 2. The molecule has 0 fully saturated rings. The van der Waals surface area contributed by atoms with Gasteiger partial charge in [-0.1, -0.05) is 36.4 Å². The topological polar surface area (TPSA) is 65.4 Å². The molecular formula is C29H26F3N3O3. The summed E-state index contributed by atoms with van der Waals surface area (Å²) in [4.78, 5) is 12.5. The van der Waals surface area contributed by atoms with Gasteiger partial charge < -0.3 is 14.8 Å². The molecule has 0 radical (unpaired) electrons. The first kappa shape index (κ1) is 26.5. The maximum Gasteiger partial charge on any atom is 0.416 e. The molecule has 0 aliphatic rings. The van der Waals surface area contributed by atoms with Crippen molar-refractivity contribution in [2.75, 3.05) is 12.4 Å². The maximum atomic E-state index is 12.9. The van der Waals surface area contributed by atoms with Crippen LogP contribution in [0.1, 0.15) is 27.8 Å². The Morgan fingerprint density at radius 1 is 1.05 bits per heavy atom. The van der Waals surface area contributed by atoms with Gasteiger partial charge in [0.25, 0.3) is 0 Å². The molecule has 0 unspecified atom stereocenters. The number of hydrogen-bond donors (Lipinski definition) is 1. The number of rotatable bonds is 9. The highest BCUT2D eigenvalue weighted by atomic mass is 19.4. The summed E-state index contributed by atoms with van der Waals surface area (Å²) >= 11 is 0. The molecule has 1 amide bonds. The lowest BCUT2D eigenvalue weighted by Gasteiger charge is -2.12. The Hall–Kier alpha value is -4.53. The third kappa shape index (κ3) is 7.03. The first-order valence-electron chi connectivity index (χ1n) is 11.7. The number of anilines is 1. The lowest BCUT2D eigenvalue weighted by Crippen LogP contribution is -2.08. The zero-order chi connectivity index (χ0) is 27.1. The van der Waals surface area contributed by atoms with E-state index in [0.717, 1.165) is 34.6 Å². The highest BCUT2D eigenvalue weighted by Gasteiger charge is 2.30. The molecule has 6 nitrogen and oxygen atoms in total. The first-order valence-corrected chi connectivity index (χ1v) is 11.7. The Morgan fingerprint density at radius 2 is 1.87 bits per heavy atom. The quantitative estimate of drug-likeness (QED) is 0.256. The second kappa shape index (κ2) is 11.7. The Kier molecular flexibility index (Phi) is 8.15. The SMILES string of the molecule is COc1ccc(/C=C/C(=O)Nc2cnn(Cc3cccc(C(F)(F)F)c3)c2)cc1COc1ccccc1C. The summed E-state index contributed by atoms with van der Waals surface area (Å²) < 4.78 is 51.7. The molecule has 4 aromatic rings. The number of aromatic nitrogens is 2. The van der Waals surface area contributed by atoms with E-state index in [-0.39, 0.29) is 12.5 Å². The van der Waals surface area contributed by atoms with Crippen molar-refractivity contribution < 1.29 is 27.4 Å². The standard InChI is InChI=1S/C29H26F3N3O3/c1-20-6-3-4-9-26(20)38-19-23-14-21(10-12-27(23)37-2)11-13-28(36)34-25-16-33-35(18-25)17-22-7-5-8-24(15-22)29(30,31)32/h3-16,18H,17,19H2,1-2H3,(H,34,36)/b13-11+. The van der Waals surface area contributed by atoms with Gasteiger partial charge in [0.2, 0.25) is 5.91 Å². The second-order valence-electron chi connectivity index (χ2n) is 8.57. The fourth-order valence-electron chi connectivity index (χ4n) is 3.79. The van der Waals surface area contributed by atoms with Crippen molar-refractivity contribution in [2.24, 2.45) is 0 Å². The molecule has 0 atom stereocenters. The average Bonchev–Trinajstić information content (AvgIpc) is 3.33. The lowest BCUT2D eigenvalue weighted by molar-refractivity contribution is -0.137. The smallest absolute Gasteiger partial charge is 0.416 e. The van der Waals surface area contributed by atoms with E-state index in [1.807, 2.05) is 49.4 Å². The van der Waals surface area contributed by atoms with E-state index in [0.29, 0.717) is 23.6 Å². The van der Waals surface area contributed by atoms with Gasteiger partial charge in [0.15, 0.2) is 0 Å². The van der Waals surface area contributed by atoms with Gasteiger partial charge in [-0.15, -0.1) is 0 Å². The monoisotopic (exact) mass is 521 g/mol. The molecule has 3 aromatic carbocycles.